The van der Waals surface area contributed by atoms with Crippen LogP contribution in [0.4, 0.5) is 5.95 Å². The van der Waals surface area contributed by atoms with E-state index < -0.39 is 0 Å². The van der Waals surface area contributed by atoms with Crippen molar-refractivity contribution in [2.75, 3.05) is 5.32 Å². The second-order valence-corrected chi connectivity index (χ2v) is 5.49. The molecule has 1 heterocycles. The number of ketones is 2. The van der Waals surface area contributed by atoms with Crippen LogP contribution in [0.2, 0.25) is 0 Å². The molecule has 0 spiro atoms. The first-order chi connectivity index (χ1) is 10.6. The number of aryl methyl sites for hydroxylation is 1. The monoisotopic (exact) mass is 295 g/mol. The lowest BCUT2D eigenvalue weighted by molar-refractivity contribution is 0.0967. The van der Waals surface area contributed by atoms with Crippen molar-refractivity contribution in [1.29, 1.82) is 0 Å². The minimum atomic E-state index is -0.0438. The summed E-state index contributed by atoms with van der Waals surface area (Å²) in [4.78, 5) is 32.0. The van der Waals surface area contributed by atoms with Crippen molar-refractivity contribution in [2.45, 2.75) is 32.7 Å². The lowest BCUT2D eigenvalue weighted by Gasteiger charge is -2.25. The molecule has 0 unspecified atom stereocenters. The van der Waals surface area contributed by atoms with E-state index in [2.05, 4.69) is 15.3 Å². The van der Waals surface area contributed by atoms with Crippen LogP contribution in [0.3, 0.4) is 0 Å². The number of Topliss-reactive ketones (excluding diaryl/α,β-unsaturated/α-hetero) is 2. The molecule has 112 valence electrons. The van der Waals surface area contributed by atoms with E-state index in [0.29, 0.717) is 30.0 Å². The first-order valence-corrected chi connectivity index (χ1v) is 7.29. The quantitative estimate of drug-likeness (QED) is 0.881. The van der Waals surface area contributed by atoms with Crippen LogP contribution in [-0.4, -0.2) is 21.5 Å². The fourth-order valence-corrected chi connectivity index (χ4v) is 2.81. The van der Waals surface area contributed by atoms with Crippen molar-refractivity contribution in [3.8, 4) is 0 Å². The second kappa shape index (κ2) is 5.67. The highest BCUT2D eigenvalue weighted by Crippen LogP contribution is 2.31. The maximum absolute atomic E-state index is 12.0. The van der Waals surface area contributed by atoms with E-state index in [1.54, 1.807) is 13.1 Å². The van der Waals surface area contributed by atoms with E-state index in [0.717, 1.165) is 11.1 Å². The van der Waals surface area contributed by atoms with E-state index in [1.807, 2.05) is 24.3 Å². The van der Waals surface area contributed by atoms with Gasteiger partial charge in [-0.2, -0.15) is 0 Å². The van der Waals surface area contributed by atoms with Crippen molar-refractivity contribution >= 4 is 17.5 Å². The van der Waals surface area contributed by atoms with Crippen LogP contribution >= 0.6 is 0 Å². The number of anilines is 1. The van der Waals surface area contributed by atoms with E-state index in [1.165, 1.54) is 6.92 Å². The fraction of sp³-hybridized carbons (Fsp3) is 0.294. The third-order valence-corrected chi connectivity index (χ3v) is 3.96. The second-order valence-electron chi connectivity index (χ2n) is 5.49. The molecule has 0 saturated carbocycles. The summed E-state index contributed by atoms with van der Waals surface area (Å²) < 4.78 is 0. The van der Waals surface area contributed by atoms with Crippen LogP contribution in [-0.2, 0) is 0 Å². The highest BCUT2D eigenvalue weighted by Gasteiger charge is 2.25. The molecule has 5 heteroatoms. The molecular weight excluding hydrogens is 278 g/mol. The number of aromatic nitrogens is 2. The summed E-state index contributed by atoms with van der Waals surface area (Å²) in [6.07, 6.45) is 2.78. The first kappa shape index (κ1) is 14.4. The SMILES string of the molecule is CC(=O)c1cnc(N[C@@H]2CCC(=O)c3ccccc32)nc1C. The number of fused-ring (bicyclic) bond motifs is 1. The largest absolute Gasteiger partial charge is 0.347 e. The van der Waals surface area contributed by atoms with Gasteiger partial charge >= 0.3 is 0 Å². The molecule has 1 N–H and O–H groups in total. The fourth-order valence-electron chi connectivity index (χ4n) is 2.81. The van der Waals surface area contributed by atoms with Gasteiger partial charge in [-0.25, -0.2) is 9.97 Å². The molecule has 1 atom stereocenters. The van der Waals surface area contributed by atoms with E-state index in [4.69, 9.17) is 0 Å². The van der Waals surface area contributed by atoms with Gasteiger partial charge in [0.2, 0.25) is 5.95 Å². The molecule has 1 aromatic heterocycles. The predicted molar refractivity (Wildman–Crippen MR) is 83.1 cm³/mol. The van der Waals surface area contributed by atoms with E-state index >= 15 is 0 Å². The molecule has 2 aromatic rings. The molecule has 0 aliphatic heterocycles. The molecule has 22 heavy (non-hydrogen) atoms. The Labute approximate surface area is 128 Å². The molecule has 0 amide bonds. The van der Waals surface area contributed by atoms with Gasteiger partial charge in [-0.05, 0) is 25.8 Å². The Kier molecular flexibility index (Phi) is 3.71. The molecule has 3 rings (SSSR count). The normalized spacial score (nSPS) is 17.0. The van der Waals surface area contributed by atoms with Gasteiger partial charge in [-0.1, -0.05) is 24.3 Å². The number of nitrogens with zero attached hydrogens (tertiary/aromatic N) is 2. The van der Waals surface area contributed by atoms with Crippen molar-refractivity contribution in [1.82, 2.24) is 9.97 Å². The average Bonchev–Trinajstić information content (AvgIpc) is 2.50. The number of hydrogen-bond acceptors (Lipinski definition) is 5. The minimum absolute atomic E-state index is 0.0106. The van der Waals surface area contributed by atoms with Gasteiger partial charge < -0.3 is 5.32 Å². The summed E-state index contributed by atoms with van der Waals surface area (Å²) in [6.45, 7) is 3.30. The molecule has 1 aliphatic carbocycles. The van der Waals surface area contributed by atoms with Crippen LogP contribution in [0.25, 0.3) is 0 Å². The summed E-state index contributed by atoms with van der Waals surface area (Å²) in [7, 11) is 0. The van der Waals surface area contributed by atoms with Gasteiger partial charge in [0.05, 0.1) is 17.3 Å². The maximum Gasteiger partial charge on any atom is 0.223 e. The van der Waals surface area contributed by atoms with Gasteiger partial charge in [0, 0.05) is 18.2 Å². The number of hydrogen-bond donors (Lipinski definition) is 1. The van der Waals surface area contributed by atoms with Gasteiger partial charge in [-0.15, -0.1) is 0 Å². The van der Waals surface area contributed by atoms with Crippen LogP contribution < -0.4 is 5.32 Å². The zero-order valence-electron chi connectivity index (χ0n) is 12.6. The van der Waals surface area contributed by atoms with Crippen LogP contribution in [0.5, 0.6) is 0 Å². The van der Waals surface area contributed by atoms with Crippen molar-refractivity contribution < 1.29 is 9.59 Å². The van der Waals surface area contributed by atoms with Crippen LogP contribution in [0.15, 0.2) is 30.5 Å². The number of rotatable bonds is 3. The highest BCUT2D eigenvalue weighted by atomic mass is 16.1. The standard InChI is InChI=1S/C17H17N3O2/c1-10-14(11(2)21)9-18-17(19-10)20-15-7-8-16(22)13-6-4-3-5-12(13)15/h3-6,9,15H,7-8H2,1-2H3,(H,18,19,20)/t15-/m1/s1. The minimum Gasteiger partial charge on any atom is -0.347 e. The van der Waals surface area contributed by atoms with Gasteiger partial charge in [-0.3, -0.25) is 9.59 Å². The first-order valence-electron chi connectivity index (χ1n) is 7.29. The number of nitrogens with one attached hydrogen (secondary N) is 1. The molecule has 5 nitrogen and oxygen atoms in total. The zero-order chi connectivity index (χ0) is 15.7. The summed E-state index contributed by atoms with van der Waals surface area (Å²) >= 11 is 0. The Morgan fingerprint density at radius 3 is 2.82 bits per heavy atom. The summed E-state index contributed by atoms with van der Waals surface area (Å²) in [5.74, 6) is 0.618. The molecule has 0 radical (unpaired) electrons. The molecule has 0 saturated heterocycles. The van der Waals surface area contributed by atoms with Crippen LogP contribution in [0.1, 0.15) is 57.8 Å². The number of carbonyl (C=O) groups is 2. The van der Waals surface area contributed by atoms with Crippen molar-refractivity contribution in [2.24, 2.45) is 0 Å². The summed E-state index contributed by atoms with van der Waals surface area (Å²) in [5.41, 5.74) is 2.94. The highest BCUT2D eigenvalue weighted by molar-refractivity contribution is 5.99. The molecule has 0 fully saturated rings. The lowest BCUT2D eigenvalue weighted by atomic mass is 9.87. The van der Waals surface area contributed by atoms with Gasteiger partial charge in [0.25, 0.3) is 0 Å². The maximum atomic E-state index is 12.0. The number of benzene rings is 1. The van der Waals surface area contributed by atoms with Crippen LogP contribution in [0, 0.1) is 6.92 Å². The number of carbonyl (C=O) groups excluding carboxylic acids is 2. The van der Waals surface area contributed by atoms with Crippen molar-refractivity contribution in [3.63, 3.8) is 0 Å². The Balaban J connectivity index is 1.88. The van der Waals surface area contributed by atoms with Gasteiger partial charge in [0.1, 0.15) is 0 Å². The third-order valence-electron chi connectivity index (χ3n) is 3.96. The predicted octanol–water partition coefficient (Wildman–Crippen LogP) is 3.12. The summed E-state index contributed by atoms with van der Waals surface area (Å²) in [5, 5.41) is 3.28. The molecule has 1 aromatic carbocycles. The van der Waals surface area contributed by atoms with E-state index in [9.17, 15) is 9.59 Å². The van der Waals surface area contributed by atoms with Gasteiger partial charge in [0.15, 0.2) is 11.6 Å². The zero-order valence-corrected chi connectivity index (χ0v) is 12.6. The molecule has 1 aliphatic rings. The average molecular weight is 295 g/mol. The van der Waals surface area contributed by atoms with Crippen molar-refractivity contribution in [3.05, 3.63) is 52.8 Å². The Morgan fingerprint density at radius 1 is 1.32 bits per heavy atom. The topological polar surface area (TPSA) is 72.0 Å². The Hall–Kier alpha value is -2.56. The molecule has 0 bridgehead atoms. The third kappa shape index (κ3) is 2.62. The summed E-state index contributed by atoms with van der Waals surface area (Å²) in [6, 6.07) is 7.63. The lowest BCUT2D eigenvalue weighted by Crippen LogP contribution is -2.22. The smallest absolute Gasteiger partial charge is 0.223 e. The molecular formula is C17H17N3O2. The Bertz CT molecular complexity index is 755. The Morgan fingerprint density at radius 2 is 2.09 bits per heavy atom. The van der Waals surface area contributed by atoms with E-state index in [-0.39, 0.29) is 17.6 Å².